The third kappa shape index (κ3) is 2.87. The van der Waals surface area contributed by atoms with Crippen LogP contribution in [0.2, 0.25) is 0 Å². The van der Waals surface area contributed by atoms with Gasteiger partial charge < -0.3 is 19.3 Å². The van der Waals surface area contributed by atoms with Crippen molar-refractivity contribution in [2.45, 2.75) is 32.7 Å². The van der Waals surface area contributed by atoms with E-state index in [1.54, 1.807) is 18.2 Å². The number of aromatic nitrogens is 2. The van der Waals surface area contributed by atoms with Crippen molar-refractivity contribution in [3.8, 4) is 11.5 Å². The van der Waals surface area contributed by atoms with Crippen LogP contribution < -0.4 is 14.4 Å². The summed E-state index contributed by atoms with van der Waals surface area (Å²) in [7, 11) is 0. The molecule has 27 heavy (non-hydrogen) atoms. The number of aryl methyl sites for hydroxylation is 1. The van der Waals surface area contributed by atoms with Crippen LogP contribution in [-0.2, 0) is 13.0 Å². The van der Waals surface area contributed by atoms with E-state index in [9.17, 15) is 4.79 Å². The largest absolute Gasteiger partial charge is 0.454 e. The van der Waals surface area contributed by atoms with Gasteiger partial charge in [-0.1, -0.05) is 0 Å². The Labute approximate surface area is 157 Å². The second kappa shape index (κ2) is 6.40. The Morgan fingerprint density at radius 3 is 2.74 bits per heavy atom. The molecule has 7 heteroatoms. The maximum Gasteiger partial charge on any atom is 0.254 e. The molecule has 4 heterocycles. The first-order valence-electron chi connectivity index (χ1n) is 9.49. The van der Waals surface area contributed by atoms with Crippen molar-refractivity contribution >= 4 is 11.7 Å². The quantitative estimate of drug-likeness (QED) is 0.813. The number of carbonyl (C=O) groups is 1. The molecule has 3 aliphatic rings. The van der Waals surface area contributed by atoms with Crippen molar-refractivity contribution < 1.29 is 14.3 Å². The van der Waals surface area contributed by atoms with Crippen LogP contribution in [0.3, 0.4) is 0 Å². The summed E-state index contributed by atoms with van der Waals surface area (Å²) in [5.74, 6) is 3.15. The standard InChI is InChI=1S/C20H22N4O3/c1-13-21-16-6-9-24(11-15(16)19(22-13)23-7-2-3-8-23)20(25)14-4-5-17-18(10-14)27-12-26-17/h4-5,10H,2-3,6-9,11-12H2,1H3. The summed E-state index contributed by atoms with van der Waals surface area (Å²) < 4.78 is 10.8. The van der Waals surface area contributed by atoms with Crippen molar-refractivity contribution in [2.75, 3.05) is 31.3 Å². The monoisotopic (exact) mass is 366 g/mol. The summed E-state index contributed by atoms with van der Waals surface area (Å²) in [6, 6.07) is 5.38. The van der Waals surface area contributed by atoms with Gasteiger partial charge in [0.2, 0.25) is 6.79 Å². The number of amides is 1. The van der Waals surface area contributed by atoms with Crippen LogP contribution in [0.1, 0.15) is 40.3 Å². The highest BCUT2D eigenvalue weighted by molar-refractivity contribution is 5.95. The number of carbonyl (C=O) groups excluding carboxylic acids is 1. The molecular weight excluding hydrogens is 344 g/mol. The predicted octanol–water partition coefficient (Wildman–Crippen LogP) is 2.31. The van der Waals surface area contributed by atoms with Gasteiger partial charge in [-0.2, -0.15) is 0 Å². The van der Waals surface area contributed by atoms with Gasteiger partial charge >= 0.3 is 0 Å². The van der Waals surface area contributed by atoms with Crippen LogP contribution in [-0.4, -0.2) is 47.2 Å². The summed E-state index contributed by atoms with van der Waals surface area (Å²) in [6.07, 6.45) is 3.14. The lowest BCUT2D eigenvalue weighted by Crippen LogP contribution is -2.38. The summed E-state index contributed by atoms with van der Waals surface area (Å²) in [5, 5.41) is 0. The van der Waals surface area contributed by atoms with Crippen LogP contribution in [0, 0.1) is 6.92 Å². The zero-order chi connectivity index (χ0) is 18.4. The van der Waals surface area contributed by atoms with E-state index in [4.69, 9.17) is 14.5 Å². The molecule has 0 saturated carbocycles. The summed E-state index contributed by atoms with van der Waals surface area (Å²) in [5.41, 5.74) is 2.81. The fraction of sp³-hybridized carbons (Fsp3) is 0.450. The number of hydrogen-bond donors (Lipinski definition) is 0. The van der Waals surface area contributed by atoms with E-state index in [1.165, 1.54) is 12.8 Å². The van der Waals surface area contributed by atoms with Crippen LogP contribution in [0.5, 0.6) is 11.5 Å². The van der Waals surface area contributed by atoms with E-state index in [0.717, 1.165) is 42.4 Å². The second-order valence-corrected chi connectivity index (χ2v) is 7.26. The average Bonchev–Trinajstić information content (AvgIpc) is 3.37. The maximum absolute atomic E-state index is 13.1. The zero-order valence-electron chi connectivity index (χ0n) is 15.4. The lowest BCUT2D eigenvalue weighted by molar-refractivity contribution is 0.0733. The minimum absolute atomic E-state index is 0.00639. The molecule has 7 nitrogen and oxygen atoms in total. The molecule has 0 atom stereocenters. The average molecular weight is 366 g/mol. The molecule has 1 amide bonds. The number of rotatable bonds is 2. The van der Waals surface area contributed by atoms with E-state index in [1.807, 2.05) is 11.8 Å². The highest BCUT2D eigenvalue weighted by Crippen LogP contribution is 2.34. The highest BCUT2D eigenvalue weighted by atomic mass is 16.7. The van der Waals surface area contributed by atoms with Gasteiger partial charge in [0.05, 0.1) is 12.2 Å². The van der Waals surface area contributed by atoms with Crippen molar-refractivity contribution in [1.29, 1.82) is 0 Å². The molecule has 1 fully saturated rings. The number of hydrogen-bond acceptors (Lipinski definition) is 6. The first-order valence-corrected chi connectivity index (χ1v) is 9.49. The topological polar surface area (TPSA) is 67.8 Å². The smallest absolute Gasteiger partial charge is 0.254 e. The molecule has 0 aliphatic carbocycles. The third-order valence-electron chi connectivity index (χ3n) is 5.46. The van der Waals surface area contributed by atoms with Crippen LogP contribution >= 0.6 is 0 Å². The number of nitrogens with zero attached hydrogens (tertiary/aromatic N) is 4. The molecule has 0 unspecified atom stereocenters. The van der Waals surface area contributed by atoms with Gasteiger partial charge in [0.1, 0.15) is 11.6 Å². The van der Waals surface area contributed by atoms with Crippen LogP contribution in [0.15, 0.2) is 18.2 Å². The Morgan fingerprint density at radius 2 is 1.89 bits per heavy atom. The lowest BCUT2D eigenvalue weighted by atomic mass is 10.0. The molecule has 1 aromatic carbocycles. The molecule has 0 bridgehead atoms. The molecule has 0 N–H and O–H groups in total. The fourth-order valence-electron chi connectivity index (χ4n) is 4.09. The van der Waals surface area contributed by atoms with Gasteiger partial charge in [0, 0.05) is 37.2 Å². The van der Waals surface area contributed by atoms with Gasteiger partial charge in [-0.05, 0) is 38.0 Å². The van der Waals surface area contributed by atoms with E-state index >= 15 is 0 Å². The van der Waals surface area contributed by atoms with Crippen LogP contribution in [0.4, 0.5) is 5.82 Å². The minimum Gasteiger partial charge on any atom is -0.454 e. The third-order valence-corrected chi connectivity index (χ3v) is 5.46. The van der Waals surface area contributed by atoms with Crippen LogP contribution in [0.25, 0.3) is 0 Å². The van der Waals surface area contributed by atoms with Crippen molar-refractivity contribution in [1.82, 2.24) is 14.9 Å². The Hall–Kier alpha value is -2.83. The number of ether oxygens (including phenoxy) is 2. The molecule has 1 aromatic heterocycles. The van der Waals surface area contributed by atoms with E-state index in [-0.39, 0.29) is 12.7 Å². The van der Waals surface area contributed by atoms with E-state index < -0.39 is 0 Å². The molecular formula is C20H22N4O3. The normalized spacial score (nSPS) is 18.0. The van der Waals surface area contributed by atoms with E-state index in [2.05, 4.69) is 9.88 Å². The summed E-state index contributed by atoms with van der Waals surface area (Å²) in [6.45, 7) is 5.42. The van der Waals surface area contributed by atoms with Gasteiger partial charge in [-0.25, -0.2) is 9.97 Å². The van der Waals surface area contributed by atoms with Crippen molar-refractivity contribution in [3.63, 3.8) is 0 Å². The highest BCUT2D eigenvalue weighted by Gasteiger charge is 2.29. The molecule has 1 saturated heterocycles. The maximum atomic E-state index is 13.1. The van der Waals surface area contributed by atoms with Crippen molar-refractivity contribution in [2.24, 2.45) is 0 Å². The van der Waals surface area contributed by atoms with E-state index in [0.29, 0.717) is 30.2 Å². The Bertz CT molecular complexity index is 908. The summed E-state index contributed by atoms with van der Waals surface area (Å²) in [4.78, 5) is 26.7. The molecule has 0 radical (unpaired) electrons. The molecule has 3 aliphatic heterocycles. The first kappa shape index (κ1) is 16.4. The zero-order valence-corrected chi connectivity index (χ0v) is 15.4. The van der Waals surface area contributed by atoms with Gasteiger partial charge in [-0.15, -0.1) is 0 Å². The van der Waals surface area contributed by atoms with Crippen molar-refractivity contribution in [3.05, 3.63) is 40.8 Å². The molecule has 0 spiro atoms. The summed E-state index contributed by atoms with van der Waals surface area (Å²) >= 11 is 0. The molecule has 140 valence electrons. The SMILES string of the molecule is Cc1nc2c(c(N3CCCC3)n1)CN(C(=O)c1ccc3c(c1)OCO3)CC2. The van der Waals surface area contributed by atoms with Gasteiger partial charge in [0.25, 0.3) is 5.91 Å². The number of fused-ring (bicyclic) bond motifs is 2. The lowest BCUT2D eigenvalue weighted by Gasteiger charge is -2.31. The second-order valence-electron chi connectivity index (χ2n) is 7.26. The Balaban J connectivity index is 1.44. The fourth-order valence-corrected chi connectivity index (χ4v) is 4.09. The number of benzene rings is 1. The molecule has 5 rings (SSSR count). The Morgan fingerprint density at radius 1 is 1.07 bits per heavy atom. The Kier molecular flexibility index (Phi) is 3.88. The first-order chi connectivity index (χ1) is 13.2. The van der Waals surface area contributed by atoms with Gasteiger partial charge in [0.15, 0.2) is 11.5 Å². The molecule has 2 aromatic rings. The minimum atomic E-state index is 0.00639. The number of anilines is 1. The predicted molar refractivity (Wildman–Crippen MR) is 99.2 cm³/mol. The van der Waals surface area contributed by atoms with Gasteiger partial charge in [-0.3, -0.25) is 4.79 Å².